The van der Waals surface area contributed by atoms with Crippen molar-refractivity contribution in [3.63, 3.8) is 0 Å². The number of carbonyl (C=O) groups is 1. The van der Waals surface area contributed by atoms with Crippen molar-refractivity contribution in [2.24, 2.45) is 5.92 Å². The molecule has 0 spiro atoms. The Balaban J connectivity index is 2.07. The molecule has 1 N–H and O–H groups in total. The second kappa shape index (κ2) is 6.78. The van der Waals surface area contributed by atoms with Gasteiger partial charge in [0.2, 0.25) is 0 Å². The van der Waals surface area contributed by atoms with Gasteiger partial charge in [0.1, 0.15) is 5.69 Å². The minimum atomic E-state index is -0.302. The fourth-order valence-electron chi connectivity index (χ4n) is 1.82. The molecule has 0 aliphatic carbocycles. The second-order valence-electron chi connectivity index (χ2n) is 5.17. The van der Waals surface area contributed by atoms with E-state index >= 15 is 0 Å². The van der Waals surface area contributed by atoms with Gasteiger partial charge in [-0.25, -0.2) is 4.68 Å². The summed E-state index contributed by atoms with van der Waals surface area (Å²) in [5, 5.41) is 6.88. The zero-order valence-electron chi connectivity index (χ0n) is 12.1. The minimum absolute atomic E-state index is 0.200. The van der Waals surface area contributed by atoms with Gasteiger partial charge in [0.15, 0.2) is 0 Å². The highest BCUT2D eigenvalue weighted by Crippen LogP contribution is 1.99. The van der Waals surface area contributed by atoms with Crippen molar-refractivity contribution in [3.8, 4) is 0 Å². The van der Waals surface area contributed by atoms with Crippen LogP contribution in [0.25, 0.3) is 0 Å². The first-order valence-electron chi connectivity index (χ1n) is 6.81. The highest BCUT2D eigenvalue weighted by molar-refractivity contribution is 5.91. The Hall–Kier alpha value is -2.50. The predicted molar refractivity (Wildman–Crippen MR) is 78.7 cm³/mol. The second-order valence-corrected chi connectivity index (χ2v) is 5.17. The fourth-order valence-corrected chi connectivity index (χ4v) is 1.82. The van der Waals surface area contributed by atoms with Gasteiger partial charge < -0.3 is 5.32 Å². The molecule has 0 unspecified atom stereocenters. The van der Waals surface area contributed by atoms with Gasteiger partial charge in [0.25, 0.3) is 11.5 Å². The number of hydrogen-bond donors (Lipinski definition) is 1. The highest BCUT2D eigenvalue weighted by atomic mass is 16.2. The molecule has 0 radical (unpaired) electrons. The van der Waals surface area contributed by atoms with Gasteiger partial charge in [0, 0.05) is 31.5 Å². The van der Waals surface area contributed by atoms with E-state index < -0.39 is 0 Å². The van der Waals surface area contributed by atoms with Gasteiger partial charge in [-0.15, -0.1) is 0 Å². The van der Waals surface area contributed by atoms with E-state index in [9.17, 15) is 9.59 Å². The van der Waals surface area contributed by atoms with Crippen LogP contribution in [-0.4, -0.2) is 20.7 Å². The van der Waals surface area contributed by atoms with Crippen molar-refractivity contribution in [1.29, 1.82) is 0 Å². The van der Waals surface area contributed by atoms with Crippen LogP contribution in [0.5, 0.6) is 0 Å². The molecule has 0 aliphatic heterocycles. The predicted octanol–water partition coefficient (Wildman–Crippen LogP) is 1.22. The molecule has 2 aromatic rings. The van der Waals surface area contributed by atoms with Crippen LogP contribution in [0.3, 0.4) is 0 Å². The van der Waals surface area contributed by atoms with E-state index in [1.165, 1.54) is 16.8 Å². The number of carbonyl (C=O) groups excluding carboxylic acids is 1. The number of pyridine rings is 1. The van der Waals surface area contributed by atoms with Crippen LogP contribution in [-0.2, 0) is 13.1 Å². The van der Waals surface area contributed by atoms with E-state index in [1.54, 1.807) is 12.4 Å². The maximum absolute atomic E-state index is 12.1. The van der Waals surface area contributed by atoms with Crippen molar-refractivity contribution >= 4 is 5.91 Å². The summed E-state index contributed by atoms with van der Waals surface area (Å²) in [4.78, 5) is 27.6. The van der Waals surface area contributed by atoms with E-state index in [4.69, 9.17) is 0 Å². The molecule has 2 aromatic heterocycles. The standard InChI is InChI=1S/C15H18N4O2/c1-11(2)10-19-14(20)4-3-13(18-19)15(21)17-9-12-5-7-16-8-6-12/h3-8,11H,9-10H2,1-2H3,(H,17,21). The largest absolute Gasteiger partial charge is 0.347 e. The first-order chi connectivity index (χ1) is 10.1. The average molecular weight is 286 g/mol. The van der Waals surface area contributed by atoms with Crippen molar-refractivity contribution in [1.82, 2.24) is 20.1 Å². The smallest absolute Gasteiger partial charge is 0.271 e. The fraction of sp³-hybridized carbons (Fsp3) is 0.333. The number of amides is 1. The Labute approximate surface area is 122 Å². The monoisotopic (exact) mass is 286 g/mol. The van der Waals surface area contributed by atoms with Gasteiger partial charge >= 0.3 is 0 Å². The van der Waals surface area contributed by atoms with E-state index in [1.807, 2.05) is 26.0 Å². The Morgan fingerprint density at radius 1 is 1.24 bits per heavy atom. The summed E-state index contributed by atoms with van der Waals surface area (Å²) >= 11 is 0. The first-order valence-corrected chi connectivity index (χ1v) is 6.81. The molecule has 6 heteroatoms. The van der Waals surface area contributed by atoms with E-state index in [0.717, 1.165) is 5.56 Å². The topological polar surface area (TPSA) is 76.9 Å². The van der Waals surface area contributed by atoms with Crippen LogP contribution in [0.1, 0.15) is 29.9 Å². The summed E-state index contributed by atoms with van der Waals surface area (Å²) in [5.74, 6) is -0.0188. The van der Waals surface area contributed by atoms with Crippen LogP contribution in [0.4, 0.5) is 0 Å². The highest BCUT2D eigenvalue weighted by Gasteiger charge is 2.10. The lowest BCUT2D eigenvalue weighted by Gasteiger charge is -2.09. The lowest BCUT2D eigenvalue weighted by atomic mass is 10.2. The first kappa shape index (κ1) is 14.9. The zero-order valence-corrected chi connectivity index (χ0v) is 12.1. The van der Waals surface area contributed by atoms with Crippen molar-refractivity contribution < 1.29 is 4.79 Å². The molecule has 21 heavy (non-hydrogen) atoms. The lowest BCUT2D eigenvalue weighted by Crippen LogP contribution is -2.30. The Morgan fingerprint density at radius 3 is 2.62 bits per heavy atom. The van der Waals surface area contributed by atoms with Crippen molar-refractivity contribution in [2.75, 3.05) is 0 Å². The SMILES string of the molecule is CC(C)Cn1nc(C(=O)NCc2ccncc2)ccc1=O. The third-order valence-electron chi connectivity index (χ3n) is 2.84. The number of hydrogen-bond acceptors (Lipinski definition) is 4. The molecule has 0 bridgehead atoms. The van der Waals surface area contributed by atoms with Crippen LogP contribution >= 0.6 is 0 Å². The molecule has 1 amide bonds. The number of rotatable bonds is 5. The van der Waals surface area contributed by atoms with Gasteiger partial charge in [-0.1, -0.05) is 13.8 Å². The molecule has 2 heterocycles. The normalized spacial score (nSPS) is 10.6. The van der Waals surface area contributed by atoms with Gasteiger partial charge in [0.05, 0.1) is 0 Å². The van der Waals surface area contributed by atoms with Crippen LogP contribution in [0.2, 0.25) is 0 Å². The van der Waals surface area contributed by atoms with Gasteiger partial charge in [-0.2, -0.15) is 5.10 Å². The number of nitrogens with one attached hydrogen (secondary N) is 1. The average Bonchev–Trinajstić information content (AvgIpc) is 2.47. The molecule has 0 saturated carbocycles. The molecule has 2 rings (SSSR count). The minimum Gasteiger partial charge on any atom is -0.347 e. The lowest BCUT2D eigenvalue weighted by molar-refractivity contribution is 0.0943. The summed E-state index contributed by atoms with van der Waals surface area (Å²) in [6.07, 6.45) is 3.34. The molecule has 0 fully saturated rings. The maximum Gasteiger partial charge on any atom is 0.271 e. The maximum atomic E-state index is 12.1. The molecule has 6 nitrogen and oxygen atoms in total. The van der Waals surface area contributed by atoms with Crippen molar-refractivity contribution in [2.45, 2.75) is 26.9 Å². The third kappa shape index (κ3) is 4.24. The Morgan fingerprint density at radius 2 is 1.95 bits per heavy atom. The molecule has 0 saturated heterocycles. The van der Waals surface area contributed by atoms with Crippen LogP contribution in [0, 0.1) is 5.92 Å². The van der Waals surface area contributed by atoms with Crippen molar-refractivity contribution in [3.05, 3.63) is 58.3 Å². The quantitative estimate of drug-likeness (QED) is 0.896. The summed E-state index contributed by atoms with van der Waals surface area (Å²) in [6, 6.07) is 6.47. The third-order valence-corrected chi connectivity index (χ3v) is 2.84. The summed E-state index contributed by atoms with van der Waals surface area (Å²) in [5.41, 5.74) is 0.993. The molecular formula is C15H18N4O2. The van der Waals surface area contributed by atoms with Gasteiger partial charge in [-0.3, -0.25) is 14.6 Å². The summed E-state index contributed by atoms with van der Waals surface area (Å²) in [6.45, 7) is 4.87. The van der Waals surface area contributed by atoms with E-state index in [0.29, 0.717) is 13.1 Å². The molecule has 0 aliphatic rings. The molecular weight excluding hydrogens is 268 g/mol. The Kier molecular flexibility index (Phi) is 4.81. The van der Waals surface area contributed by atoms with Crippen LogP contribution in [0.15, 0.2) is 41.5 Å². The summed E-state index contributed by atoms with van der Waals surface area (Å²) < 4.78 is 1.33. The Bertz CT molecular complexity index is 665. The number of aromatic nitrogens is 3. The molecule has 0 aromatic carbocycles. The van der Waals surface area contributed by atoms with Gasteiger partial charge in [-0.05, 0) is 29.7 Å². The van der Waals surface area contributed by atoms with E-state index in [-0.39, 0.29) is 23.1 Å². The summed E-state index contributed by atoms with van der Waals surface area (Å²) in [7, 11) is 0. The van der Waals surface area contributed by atoms with Crippen LogP contribution < -0.4 is 10.9 Å². The number of nitrogens with zero attached hydrogens (tertiary/aromatic N) is 3. The zero-order chi connectivity index (χ0) is 15.2. The molecule has 0 atom stereocenters. The van der Waals surface area contributed by atoms with E-state index in [2.05, 4.69) is 15.4 Å². The molecule has 110 valence electrons.